The molecule has 1 rings (SSSR count). The second-order valence-corrected chi connectivity index (χ2v) is 5.30. The van der Waals surface area contributed by atoms with E-state index in [1.807, 2.05) is 0 Å². The van der Waals surface area contributed by atoms with Gasteiger partial charge in [-0.25, -0.2) is 0 Å². The summed E-state index contributed by atoms with van der Waals surface area (Å²) >= 11 is 1.52. The normalized spacial score (nSPS) is 10.0. The van der Waals surface area contributed by atoms with Gasteiger partial charge in [0.1, 0.15) is 6.61 Å². The molecule has 1 aromatic carbocycles. The van der Waals surface area contributed by atoms with Gasteiger partial charge in [-0.1, -0.05) is 6.08 Å². The predicted octanol–water partition coefficient (Wildman–Crippen LogP) is 2.86. The summed E-state index contributed by atoms with van der Waals surface area (Å²) in [6, 6.07) is 3.15. The first kappa shape index (κ1) is 17.6. The summed E-state index contributed by atoms with van der Waals surface area (Å²) in [6.07, 6.45) is 1.91. The third-order valence-corrected chi connectivity index (χ3v) is 3.43. The summed E-state index contributed by atoms with van der Waals surface area (Å²) in [7, 11) is 0. The molecule has 0 aromatic heterocycles. The van der Waals surface area contributed by atoms with Gasteiger partial charge >= 0.3 is 5.97 Å². The number of hydrogen-bond acceptors (Lipinski definition) is 7. The fourth-order valence-electron chi connectivity index (χ4n) is 1.51. The van der Waals surface area contributed by atoms with Gasteiger partial charge in [-0.15, -0.1) is 6.58 Å². The number of nitro groups is 2. The minimum Gasteiger partial charge on any atom is -0.461 e. The lowest BCUT2D eigenvalue weighted by Gasteiger charge is -2.05. The highest BCUT2D eigenvalue weighted by molar-refractivity contribution is 7.99. The van der Waals surface area contributed by atoms with E-state index in [0.717, 1.165) is 24.0 Å². The molecule has 0 bridgehead atoms. The number of nitrogens with zero attached hydrogens (tertiary/aromatic N) is 2. The fraction of sp³-hybridized carbons (Fsp3) is 0.308. The van der Waals surface area contributed by atoms with Crippen LogP contribution in [-0.4, -0.2) is 27.3 Å². The van der Waals surface area contributed by atoms with Crippen LogP contribution in [0.3, 0.4) is 0 Å². The molecular formula is C13H14N2O6S. The highest BCUT2D eigenvalue weighted by Gasteiger charge is 2.17. The number of carbonyl (C=O) groups excluding carboxylic acids is 1. The molecule has 1 aromatic rings. The van der Waals surface area contributed by atoms with E-state index >= 15 is 0 Å². The van der Waals surface area contributed by atoms with Crippen molar-refractivity contribution in [2.24, 2.45) is 0 Å². The number of non-ortho nitro benzene ring substituents is 2. The Morgan fingerprint density at radius 3 is 2.32 bits per heavy atom. The van der Waals surface area contributed by atoms with Crippen LogP contribution in [0, 0.1) is 20.2 Å². The zero-order valence-electron chi connectivity index (χ0n) is 11.6. The number of thioether (sulfide) groups is 1. The van der Waals surface area contributed by atoms with Gasteiger partial charge in [0.25, 0.3) is 11.4 Å². The van der Waals surface area contributed by atoms with Gasteiger partial charge in [0, 0.05) is 29.2 Å². The van der Waals surface area contributed by atoms with Crippen molar-refractivity contribution in [3.63, 3.8) is 0 Å². The third kappa shape index (κ3) is 5.92. The van der Waals surface area contributed by atoms with Crippen molar-refractivity contribution in [2.45, 2.75) is 13.0 Å². The lowest BCUT2D eigenvalue weighted by molar-refractivity contribution is -0.394. The number of esters is 1. The molecule has 0 N–H and O–H groups in total. The molecule has 0 unspecified atom stereocenters. The van der Waals surface area contributed by atoms with Gasteiger partial charge in [0.05, 0.1) is 22.3 Å². The van der Waals surface area contributed by atoms with Crippen molar-refractivity contribution in [3.05, 3.63) is 56.6 Å². The van der Waals surface area contributed by atoms with Gasteiger partial charge in [0.2, 0.25) is 0 Å². The van der Waals surface area contributed by atoms with Crippen LogP contribution >= 0.6 is 11.8 Å². The Labute approximate surface area is 130 Å². The molecule has 0 aliphatic carbocycles. The van der Waals surface area contributed by atoms with Gasteiger partial charge in [-0.2, -0.15) is 11.8 Å². The van der Waals surface area contributed by atoms with E-state index < -0.39 is 27.2 Å². The van der Waals surface area contributed by atoms with Crippen molar-refractivity contribution in [3.8, 4) is 0 Å². The van der Waals surface area contributed by atoms with E-state index in [4.69, 9.17) is 4.74 Å². The molecule has 22 heavy (non-hydrogen) atoms. The smallest absolute Gasteiger partial charge is 0.306 e. The van der Waals surface area contributed by atoms with Crippen LogP contribution in [0.15, 0.2) is 30.9 Å². The number of ether oxygens (including phenoxy) is 1. The lowest BCUT2D eigenvalue weighted by atomic mass is 10.2. The highest BCUT2D eigenvalue weighted by Crippen LogP contribution is 2.23. The molecule has 8 nitrogen and oxygen atoms in total. The average Bonchev–Trinajstić information content (AvgIpc) is 2.49. The third-order valence-electron chi connectivity index (χ3n) is 2.47. The van der Waals surface area contributed by atoms with Crippen LogP contribution in [0.5, 0.6) is 0 Å². The lowest BCUT2D eigenvalue weighted by Crippen LogP contribution is -2.06. The average molecular weight is 326 g/mol. The quantitative estimate of drug-likeness (QED) is 0.225. The minimum absolute atomic E-state index is 0.190. The molecule has 0 aliphatic heterocycles. The van der Waals surface area contributed by atoms with Crippen molar-refractivity contribution in [2.75, 3.05) is 11.5 Å². The first-order valence-electron chi connectivity index (χ1n) is 6.21. The SMILES string of the molecule is C=CCSCCC(=O)OCc1cc([N+](=O)[O-])cc([N+](=O)[O-])c1. The largest absolute Gasteiger partial charge is 0.461 e. The Kier molecular flexibility index (Phi) is 7.03. The molecule has 0 radical (unpaired) electrons. The van der Waals surface area contributed by atoms with E-state index in [9.17, 15) is 25.0 Å². The monoisotopic (exact) mass is 326 g/mol. The van der Waals surface area contributed by atoms with Crippen molar-refractivity contribution < 1.29 is 19.4 Å². The fourth-order valence-corrected chi connectivity index (χ4v) is 2.15. The Hall–Kier alpha value is -2.42. The van der Waals surface area contributed by atoms with Crippen LogP contribution in [0.2, 0.25) is 0 Å². The number of rotatable bonds is 9. The molecule has 0 heterocycles. The molecule has 118 valence electrons. The number of carbonyl (C=O) groups is 1. The maximum atomic E-state index is 11.5. The molecular weight excluding hydrogens is 312 g/mol. The molecule has 9 heteroatoms. The Morgan fingerprint density at radius 2 is 1.82 bits per heavy atom. The zero-order valence-corrected chi connectivity index (χ0v) is 12.4. The van der Waals surface area contributed by atoms with Crippen LogP contribution in [0.25, 0.3) is 0 Å². The van der Waals surface area contributed by atoms with E-state index in [1.165, 1.54) is 11.8 Å². The zero-order chi connectivity index (χ0) is 16.5. The van der Waals surface area contributed by atoms with Gasteiger partial charge in [0.15, 0.2) is 0 Å². The second-order valence-electron chi connectivity index (χ2n) is 4.15. The van der Waals surface area contributed by atoms with Gasteiger partial charge in [-0.05, 0) is 0 Å². The molecule has 0 saturated heterocycles. The van der Waals surface area contributed by atoms with Crippen molar-refractivity contribution >= 4 is 29.1 Å². The van der Waals surface area contributed by atoms with Crippen LogP contribution in [0.1, 0.15) is 12.0 Å². The molecule has 0 fully saturated rings. The Balaban J connectivity index is 2.64. The summed E-state index contributed by atoms with van der Waals surface area (Å²) in [6.45, 7) is 3.31. The number of benzene rings is 1. The summed E-state index contributed by atoms with van der Waals surface area (Å²) in [5.41, 5.74) is -0.628. The topological polar surface area (TPSA) is 113 Å². The standard InChI is InChI=1S/C13H14N2O6S/c1-2-4-22-5-3-13(16)21-9-10-6-11(14(17)18)8-12(7-10)15(19)20/h2,6-8H,1,3-5,9H2. The molecule has 0 saturated carbocycles. The van der Waals surface area contributed by atoms with Crippen LogP contribution < -0.4 is 0 Å². The van der Waals surface area contributed by atoms with E-state index in [0.29, 0.717) is 5.75 Å². The number of hydrogen-bond donors (Lipinski definition) is 0. The van der Waals surface area contributed by atoms with Crippen LogP contribution in [-0.2, 0) is 16.1 Å². The Morgan fingerprint density at radius 1 is 1.23 bits per heavy atom. The first-order valence-corrected chi connectivity index (χ1v) is 7.36. The minimum atomic E-state index is -0.732. The maximum absolute atomic E-state index is 11.5. The highest BCUT2D eigenvalue weighted by atomic mass is 32.2. The molecule has 0 aliphatic rings. The molecule has 0 amide bonds. The Bertz CT molecular complexity index is 558. The number of nitro benzene ring substituents is 2. The van der Waals surface area contributed by atoms with E-state index in [-0.39, 0.29) is 18.6 Å². The molecule has 0 spiro atoms. The summed E-state index contributed by atoms with van der Waals surface area (Å²) in [5, 5.41) is 21.5. The predicted molar refractivity (Wildman–Crippen MR) is 81.7 cm³/mol. The summed E-state index contributed by atoms with van der Waals surface area (Å²) < 4.78 is 4.95. The van der Waals surface area contributed by atoms with Gasteiger partial charge in [-0.3, -0.25) is 25.0 Å². The van der Waals surface area contributed by atoms with Crippen LogP contribution in [0.4, 0.5) is 11.4 Å². The van der Waals surface area contributed by atoms with Crippen molar-refractivity contribution in [1.82, 2.24) is 0 Å². The summed E-state index contributed by atoms with van der Waals surface area (Å²) in [4.78, 5) is 31.5. The van der Waals surface area contributed by atoms with E-state index in [2.05, 4.69) is 6.58 Å². The van der Waals surface area contributed by atoms with Gasteiger partial charge < -0.3 is 4.74 Å². The maximum Gasteiger partial charge on any atom is 0.306 e. The summed E-state index contributed by atoms with van der Waals surface area (Å²) in [5.74, 6) is 0.829. The first-order chi connectivity index (χ1) is 10.4. The van der Waals surface area contributed by atoms with Crippen molar-refractivity contribution in [1.29, 1.82) is 0 Å². The molecule has 0 atom stereocenters. The second kappa shape index (κ2) is 8.78. The van der Waals surface area contributed by atoms with E-state index in [1.54, 1.807) is 6.08 Å².